The molecule has 1 N–H and O–H groups in total. The van der Waals surface area contributed by atoms with E-state index in [0.29, 0.717) is 30.2 Å². The van der Waals surface area contributed by atoms with Gasteiger partial charge in [-0.3, -0.25) is 9.36 Å². The number of hydrogen-bond acceptors (Lipinski definition) is 6. The molecule has 1 saturated heterocycles. The topological polar surface area (TPSA) is 78.3 Å². The van der Waals surface area contributed by atoms with Crippen LogP contribution in [-0.2, 0) is 11.8 Å². The highest BCUT2D eigenvalue weighted by Gasteiger charge is 2.16. The minimum atomic E-state index is -0.535. The van der Waals surface area contributed by atoms with Crippen LogP contribution in [0.15, 0.2) is 41.3 Å². The number of anilines is 1. The Morgan fingerprint density at radius 2 is 2.00 bits per heavy atom. The van der Waals surface area contributed by atoms with Gasteiger partial charge in [0.25, 0.3) is 5.56 Å². The van der Waals surface area contributed by atoms with Crippen LogP contribution in [0.4, 0.5) is 10.3 Å². The van der Waals surface area contributed by atoms with Crippen molar-refractivity contribution in [2.45, 2.75) is 18.9 Å². The van der Waals surface area contributed by atoms with Gasteiger partial charge >= 0.3 is 0 Å². The first-order chi connectivity index (χ1) is 13.1. The molecule has 0 aliphatic carbocycles. The van der Waals surface area contributed by atoms with Crippen molar-refractivity contribution in [3.63, 3.8) is 0 Å². The standard InChI is InChI=1S/C19H19FN4O3.ClH/c1-24-17-12(11-21-19(23-17)22-13-6-8-26-9-7-13)10-16(18(24)25)27-15-5-3-2-4-14(15)20;/h2-5,10-11,13H,6-9H2,1H3,(H,21,22,23);1H. The molecule has 1 aliphatic heterocycles. The van der Waals surface area contributed by atoms with Crippen LogP contribution in [0.5, 0.6) is 11.5 Å². The molecular weight excluding hydrogens is 387 g/mol. The molecule has 4 rings (SSSR count). The molecule has 0 saturated carbocycles. The zero-order valence-corrected chi connectivity index (χ0v) is 16.0. The van der Waals surface area contributed by atoms with Crippen molar-refractivity contribution in [2.24, 2.45) is 7.05 Å². The number of para-hydroxylation sites is 1. The van der Waals surface area contributed by atoms with Crippen molar-refractivity contribution < 1.29 is 13.9 Å². The molecule has 28 heavy (non-hydrogen) atoms. The van der Waals surface area contributed by atoms with Gasteiger partial charge in [0, 0.05) is 37.9 Å². The molecule has 0 spiro atoms. The molecule has 1 aromatic carbocycles. The zero-order valence-electron chi connectivity index (χ0n) is 15.2. The summed E-state index contributed by atoms with van der Waals surface area (Å²) < 4.78 is 26.0. The van der Waals surface area contributed by atoms with E-state index >= 15 is 0 Å². The average molecular weight is 407 g/mol. The van der Waals surface area contributed by atoms with Crippen LogP contribution < -0.4 is 15.6 Å². The molecule has 3 aromatic rings. The monoisotopic (exact) mass is 406 g/mol. The first-order valence-corrected chi connectivity index (χ1v) is 8.75. The Labute approximate surface area is 166 Å². The summed E-state index contributed by atoms with van der Waals surface area (Å²) in [7, 11) is 1.60. The number of ether oxygens (including phenoxy) is 2. The smallest absolute Gasteiger partial charge is 0.294 e. The summed E-state index contributed by atoms with van der Waals surface area (Å²) >= 11 is 0. The normalized spacial score (nSPS) is 14.5. The Morgan fingerprint density at radius 1 is 1.25 bits per heavy atom. The summed E-state index contributed by atoms with van der Waals surface area (Å²) in [5, 5.41) is 3.91. The predicted molar refractivity (Wildman–Crippen MR) is 106 cm³/mol. The van der Waals surface area contributed by atoms with E-state index in [1.165, 1.54) is 22.8 Å². The molecule has 0 radical (unpaired) electrons. The van der Waals surface area contributed by atoms with Gasteiger partial charge < -0.3 is 14.8 Å². The number of rotatable bonds is 4. The molecule has 0 unspecified atom stereocenters. The quantitative estimate of drug-likeness (QED) is 0.716. The number of hydrogen-bond donors (Lipinski definition) is 1. The maximum absolute atomic E-state index is 13.8. The molecule has 0 amide bonds. The van der Waals surface area contributed by atoms with Gasteiger partial charge in [0.1, 0.15) is 5.65 Å². The fourth-order valence-corrected chi connectivity index (χ4v) is 3.03. The first kappa shape index (κ1) is 20.0. The van der Waals surface area contributed by atoms with Crippen molar-refractivity contribution in [3.05, 3.63) is 52.7 Å². The molecule has 1 fully saturated rings. The second-order valence-electron chi connectivity index (χ2n) is 6.41. The highest BCUT2D eigenvalue weighted by atomic mass is 35.5. The number of nitrogens with zero attached hydrogens (tertiary/aromatic N) is 3. The van der Waals surface area contributed by atoms with Gasteiger partial charge in [0.05, 0.1) is 0 Å². The maximum atomic E-state index is 13.8. The number of fused-ring (bicyclic) bond motifs is 1. The average Bonchev–Trinajstić information content (AvgIpc) is 2.69. The van der Waals surface area contributed by atoms with Crippen molar-refractivity contribution in [3.8, 4) is 11.5 Å². The second kappa shape index (κ2) is 8.53. The van der Waals surface area contributed by atoms with E-state index in [4.69, 9.17) is 9.47 Å². The predicted octanol–water partition coefficient (Wildman–Crippen LogP) is 3.27. The lowest BCUT2D eigenvalue weighted by Crippen LogP contribution is -2.29. The van der Waals surface area contributed by atoms with Crippen molar-refractivity contribution in [2.75, 3.05) is 18.5 Å². The molecule has 2 aromatic heterocycles. The largest absolute Gasteiger partial charge is 0.448 e. The van der Waals surface area contributed by atoms with E-state index in [1.807, 2.05) is 0 Å². The van der Waals surface area contributed by atoms with Gasteiger partial charge in [0.15, 0.2) is 17.3 Å². The van der Waals surface area contributed by atoms with Crippen molar-refractivity contribution >= 4 is 29.4 Å². The summed E-state index contributed by atoms with van der Waals surface area (Å²) in [6, 6.07) is 7.72. The van der Waals surface area contributed by atoms with E-state index in [-0.39, 0.29) is 29.9 Å². The lowest BCUT2D eigenvalue weighted by Gasteiger charge is -2.23. The van der Waals surface area contributed by atoms with Gasteiger partial charge in [-0.25, -0.2) is 9.37 Å². The van der Waals surface area contributed by atoms with Gasteiger partial charge in [-0.15, -0.1) is 12.4 Å². The lowest BCUT2D eigenvalue weighted by atomic mass is 10.1. The fraction of sp³-hybridized carbons (Fsp3) is 0.316. The summed E-state index contributed by atoms with van der Waals surface area (Å²) in [6.07, 6.45) is 3.39. The highest BCUT2D eigenvalue weighted by Crippen LogP contribution is 2.24. The van der Waals surface area contributed by atoms with Crippen LogP contribution in [0.25, 0.3) is 11.0 Å². The minimum absolute atomic E-state index is 0. The van der Waals surface area contributed by atoms with Crippen molar-refractivity contribution in [1.29, 1.82) is 0 Å². The van der Waals surface area contributed by atoms with Gasteiger partial charge in [-0.1, -0.05) is 12.1 Å². The number of aryl methyl sites for hydroxylation is 1. The molecule has 7 nitrogen and oxygen atoms in total. The van der Waals surface area contributed by atoms with E-state index in [2.05, 4.69) is 15.3 Å². The van der Waals surface area contributed by atoms with Crippen LogP contribution in [0.3, 0.4) is 0 Å². The summed E-state index contributed by atoms with van der Waals surface area (Å²) in [4.78, 5) is 21.4. The van der Waals surface area contributed by atoms with Crippen LogP contribution in [0, 0.1) is 5.82 Å². The molecule has 1 aliphatic rings. The Bertz CT molecular complexity index is 1040. The molecule has 148 valence electrons. The number of aromatic nitrogens is 3. The fourth-order valence-electron chi connectivity index (χ4n) is 3.03. The Hall–Kier alpha value is -2.71. The zero-order chi connectivity index (χ0) is 18.8. The van der Waals surface area contributed by atoms with Crippen LogP contribution in [-0.4, -0.2) is 33.8 Å². The SMILES string of the molecule is Cl.Cn1c(=O)c(Oc2ccccc2F)cc2cnc(NC3CCOCC3)nc21. The summed E-state index contributed by atoms with van der Waals surface area (Å²) in [5.74, 6) is -0.0596. The molecule has 0 atom stereocenters. The van der Waals surface area contributed by atoms with Gasteiger partial charge in [-0.05, 0) is 31.0 Å². The van der Waals surface area contributed by atoms with E-state index in [1.54, 1.807) is 25.4 Å². The Balaban J connectivity index is 0.00000225. The van der Waals surface area contributed by atoms with Crippen LogP contribution >= 0.6 is 12.4 Å². The number of nitrogens with one attached hydrogen (secondary N) is 1. The highest BCUT2D eigenvalue weighted by molar-refractivity contribution is 5.85. The minimum Gasteiger partial charge on any atom is -0.448 e. The number of halogens is 2. The summed E-state index contributed by atoms with van der Waals surface area (Å²) in [5.41, 5.74) is 0.0758. The van der Waals surface area contributed by atoms with E-state index in [9.17, 15) is 9.18 Å². The molecule has 9 heteroatoms. The van der Waals surface area contributed by atoms with E-state index in [0.717, 1.165) is 12.8 Å². The van der Waals surface area contributed by atoms with Gasteiger partial charge in [-0.2, -0.15) is 4.98 Å². The van der Waals surface area contributed by atoms with Crippen LogP contribution in [0.1, 0.15) is 12.8 Å². The van der Waals surface area contributed by atoms with E-state index < -0.39 is 11.4 Å². The lowest BCUT2D eigenvalue weighted by molar-refractivity contribution is 0.0903. The molecular formula is C19H20ClFN4O3. The second-order valence-corrected chi connectivity index (χ2v) is 6.41. The third-order valence-electron chi connectivity index (χ3n) is 4.53. The van der Waals surface area contributed by atoms with Crippen molar-refractivity contribution in [1.82, 2.24) is 14.5 Å². The Kier molecular flexibility index (Phi) is 6.11. The number of pyridine rings is 1. The first-order valence-electron chi connectivity index (χ1n) is 8.75. The van der Waals surface area contributed by atoms with Crippen LogP contribution in [0.2, 0.25) is 0 Å². The number of benzene rings is 1. The Morgan fingerprint density at radius 3 is 2.75 bits per heavy atom. The maximum Gasteiger partial charge on any atom is 0.294 e. The third kappa shape index (κ3) is 4.07. The third-order valence-corrected chi connectivity index (χ3v) is 4.53. The summed E-state index contributed by atoms with van der Waals surface area (Å²) in [6.45, 7) is 1.42. The van der Waals surface area contributed by atoms with Gasteiger partial charge in [0.2, 0.25) is 5.95 Å². The molecule has 0 bridgehead atoms. The molecule has 3 heterocycles.